The Labute approximate surface area is 144 Å². The Morgan fingerprint density at radius 3 is 2.76 bits per heavy atom. The number of ether oxygens (including phenoxy) is 2. The predicted molar refractivity (Wildman–Crippen MR) is 91.0 cm³/mol. The number of para-hydroxylation sites is 1. The van der Waals surface area contributed by atoms with Crippen molar-refractivity contribution in [2.24, 2.45) is 0 Å². The molecule has 1 atom stereocenters. The van der Waals surface area contributed by atoms with Crippen LogP contribution < -0.4 is 9.47 Å². The van der Waals surface area contributed by atoms with Crippen LogP contribution in [0.15, 0.2) is 42.0 Å². The summed E-state index contributed by atoms with van der Waals surface area (Å²) in [4.78, 5) is 23.8. The van der Waals surface area contributed by atoms with Crippen molar-refractivity contribution < 1.29 is 24.2 Å². The first kappa shape index (κ1) is 15.4. The molecule has 0 bridgehead atoms. The molecule has 2 aliphatic rings. The number of hydrogen-bond donors (Lipinski definition) is 1. The Bertz CT molecular complexity index is 926. The Balaban J connectivity index is 1.85. The average molecular weight is 336 g/mol. The fourth-order valence-corrected chi connectivity index (χ4v) is 3.38. The van der Waals surface area contributed by atoms with Gasteiger partial charge in [-0.2, -0.15) is 0 Å². The molecule has 0 amide bonds. The van der Waals surface area contributed by atoms with E-state index in [1.165, 1.54) is 13.0 Å². The van der Waals surface area contributed by atoms with E-state index in [-0.39, 0.29) is 35.4 Å². The zero-order valence-electron chi connectivity index (χ0n) is 13.6. The first-order chi connectivity index (χ1) is 12.0. The van der Waals surface area contributed by atoms with Crippen LogP contribution in [0.1, 0.15) is 40.7 Å². The van der Waals surface area contributed by atoms with Crippen molar-refractivity contribution in [3.8, 4) is 17.2 Å². The van der Waals surface area contributed by atoms with Gasteiger partial charge in [0.05, 0.1) is 12.0 Å². The number of esters is 1. The zero-order valence-corrected chi connectivity index (χ0v) is 13.6. The fourth-order valence-electron chi connectivity index (χ4n) is 3.38. The number of fused-ring (bicyclic) bond motifs is 2. The lowest BCUT2D eigenvalue weighted by Crippen LogP contribution is -2.25. The molecule has 0 spiro atoms. The molecule has 5 heteroatoms. The molecule has 2 aromatic rings. The zero-order chi connectivity index (χ0) is 17.6. The molecule has 2 aliphatic heterocycles. The highest BCUT2D eigenvalue weighted by atomic mass is 16.5. The number of rotatable bonds is 2. The predicted octanol–water partition coefficient (Wildman–Crippen LogP) is 3.46. The van der Waals surface area contributed by atoms with E-state index in [4.69, 9.17) is 9.47 Å². The van der Waals surface area contributed by atoms with Crippen LogP contribution in [0.2, 0.25) is 0 Å². The van der Waals surface area contributed by atoms with E-state index < -0.39 is 0 Å². The monoisotopic (exact) mass is 336 g/mol. The van der Waals surface area contributed by atoms with Gasteiger partial charge >= 0.3 is 5.97 Å². The summed E-state index contributed by atoms with van der Waals surface area (Å²) in [7, 11) is 0. The number of carbonyl (C=O) groups is 2. The van der Waals surface area contributed by atoms with Crippen molar-refractivity contribution in [1.29, 1.82) is 0 Å². The van der Waals surface area contributed by atoms with Crippen LogP contribution in [0.3, 0.4) is 0 Å². The van der Waals surface area contributed by atoms with Crippen LogP contribution in [-0.2, 0) is 4.79 Å². The quantitative estimate of drug-likeness (QED) is 0.516. The van der Waals surface area contributed by atoms with Gasteiger partial charge < -0.3 is 14.6 Å². The molecule has 0 unspecified atom stereocenters. The van der Waals surface area contributed by atoms with Gasteiger partial charge in [0.1, 0.15) is 23.9 Å². The molecule has 0 saturated carbocycles. The largest absolute Gasteiger partial charge is 0.507 e. The summed E-state index contributed by atoms with van der Waals surface area (Å²) >= 11 is 0. The maximum absolute atomic E-state index is 12.0. The van der Waals surface area contributed by atoms with Crippen LogP contribution in [0.25, 0.3) is 6.08 Å². The van der Waals surface area contributed by atoms with Gasteiger partial charge in [-0.25, -0.2) is 0 Å². The maximum Gasteiger partial charge on any atom is 0.312 e. The van der Waals surface area contributed by atoms with E-state index in [0.29, 0.717) is 17.9 Å². The number of Topliss-reactive ketones (excluding diaryl/α,β-unsaturated/α-hetero) is 1. The van der Waals surface area contributed by atoms with E-state index in [1.54, 1.807) is 6.07 Å². The lowest BCUT2D eigenvalue weighted by Gasteiger charge is -2.30. The normalized spacial score (nSPS) is 18.4. The summed E-state index contributed by atoms with van der Waals surface area (Å²) in [5, 5.41) is 10.6. The minimum absolute atomic E-state index is 0.0965. The Kier molecular flexibility index (Phi) is 3.57. The molecule has 25 heavy (non-hydrogen) atoms. The molecule has 2 heterocycles. The fraction of sp³-hybridized carbons (Fsp3) is 0.200. The van der Waals surface area contributed by atoms with Gasteiger partial charge in [0.25, 0.3) is 0 Å². The summed E-state index contributed by atoms with van der Waals surface area (Å²) in [5.41, 5.74) is 2.49. The highest BCUT2D eigenvalue weighted by Gasteiger charge is 2.35. The number of phenolic OH excluding ortho intramolecular Hbond substituents is 1. The highest BCUT2D eigenvalue weighted by Crippen LogP contribution is 2.46. The second-order valence-corrected chi connectivity index (χ2v) is 6.21. The van der Waals surface area contributed by atoms with Gasteiger partial charge in [0.2, 0.25) is 0 Å². The molecule has 0 fully saturated rings. The summed E-state index contributed by atoms with van der Waals surface area (Å²) < 4.78 is 11.0. The molecule has 0 saturated heterocycles. The second-order valence-electron chi connectivity index (χ2n) is 6.21. The van der Waals surface area contributed by atoms with E-state index in [0.717, 1.165) is 16.9 Å². The number of ketones is 1. The Hall–Kier alpha value is -3.08. The van der Waals surface area contributed by atoms with Crippen LogP contribution in [0.4, 0.5) is 0 Å². The van der Waals surface area contributed by atoms with Crippen molar-refractivity contribution in [1.82, 2.24) is 0 Å². The third-order valence-corrected chi connectivity index (χ3v) is 4.60. The molecule has 2 aromatic carbocycles. The first-order valence-electron chi connectivity index (χ1n) is 8.04. The van der Waals surface area contributed by atoms with Crippen molar-refractivity contribution in [3.63, 3.8) is 0 Å². The van der Waals surface area contributed by atoms with Crippen LogP contribution in [0, 0.1) is 0 Å². The van der Waals surface area contributed by atoms with Gasteiger partial charge in [0, 0.05) is 17.0 Å². The molecule has 1 N–H and O–H groups in total. The average Bonchev–Trinajstić information content (AvgIpc) is 2.60. The van der Waals surface area contributed by atoms with E-state index in [1.807, 2.05) is 30.3 Å². The highest BCUT2D eigenvalue weighted by molar-refractivity contribution is 5.98. The molecule has 126 valence electrons. The molecule has 0 aliphatic carbocycles. The van der Waals surface area contributed by atoms with Gasteiger partial charge in [-0.3, -0.25) is 9.59 Å². The van der Waals surface area contributed by atoms with E-state index >= 15 is 0 Å². The maximum atomic E-state index is 12.0. The van der Waals surface area contributed by atoms with Gasteiger partial charge in [-0.1, -0.05) is 18.2 Å². The molecule has 0 aromatic heterocycles. The minimum Gasteiger partial charge on any atom is -0.507 e. The number of hydrogen-bond acceptors (Lipinski definition) is 5. The molecule has 4 rings (SSSR count). The Morgan fingerprint density at radius 1 is 1.16 bits per heavy atom. The van der Waals surface area contributed by atoms with Crippen LogP contribution in [0.5, 0.6) is 17.2 Å². The van der Waals surface area contributed by atoms with Gasteiger partial charge in [-0.15, -0.1) is 0 Å². The summed E-state index contributed by atoms with van der Waals surface area (Å²) in [6, 6.07) is 10.7. The molecular formula is C20H16O5. The molecule has 0 radical (unpaired) electrons. The summed E-state index contributed by atoms with van der Waals surface area (Å²) in [5.74, 6) is -0.0383. The van der Waals surface area contributed by atoms with Crippen LogP contribution in [-0.4, -0.2) is 23.5 Å². The van der Waals surface area contributed by atoms with Crippen molar-refractivity contribution in [2.75, 3.05) is 6.61 Å². The summed E-state index contributed by atoms with van der Waals surface area (Å²) in [6.45, 7) is 1.71. The second kappa shape index (κ2) is 5.77. The van der Waals surface area contributed by atoms with Gasteiger partial charge in [-0.05, 0) is 36.8 Å². The minimum atomic E-state index is -0.385. The topological polar surface area (TPSA) is 72.8 Å². The van der Waals surface area contributed by atoms with E-state index in [9.17, 15) is 14.7 Å². The first-order valence-corrected chi connectivity index (χ1v) is 8.04. The van der Waals surface area contributed by atoms with E-state index in [2.05, 4.69) is 0 Å². The SMILES string of the molecule is CC(=O)c1ccc2c(c1O)[C@@H](C1=Cc3ccccc3OC1)CC(=O)O2. The third-order valence-electron chi connectivity index (χ3n) is 4.60. The molecular weight excluding hydrogens is 320 g/mol. The molecule has 5 nitrogen and oxygen atoms in total. The number of carbonyl (C=O) groups excluding carboxylic acids is 2. The standard InChI is InChI=1S/C20H16O5/c1-11(21)14-6-7-17-19(20(14)23)15(9-18(22)25-17)13-8-12-4-2-3-5-16(12)24-10-13/h2-8,15,23H,9-10H2,1H3/t15-/m1/s1. The lowest BCUT2D eigenvalue weighted by atomic mass is 9.83. The van der Waals surface area contributed by atoms with Crippen molar-refractivity contribution in [3.05, 3.63) is 58.7 Å². The Morgan fingerprint density at radius 2 is 1.96 bits per heavy atom. The number of aromatic hydroxyl groups is 1. The number of phenols is 1. The summed E-state index contributed by atoms with van der Waals surface area (Å²) in [6.07, 6.45) is 2.07. The third kappa shape index (κ3) is 2.58. The number of benzene rings is 2. The smallest absolute Gasteiger partial charge is 0.312 e. The van der Waals surface area contributed by atoms with Crippen LogP contribution >= 0.6 is 0 Å². The van der Waals surface area contributed by atoms with Crippen molar-refractivity contribution >= 4 is 17.8 Å². The van der Waals surface area contributed by atoms with Gasteiger partial charge in [0.15, 0.2) is 5.78 Å². The lowest BCUT2D eigenvalue weighted by molar-refractivity contribution is -0.135. The van der Waals surface area contributed by atoms with Crippen molar-refractivity contribution in [2.45, 2.75) is 19.3 Å².